The van der Waals surface area contributed by atoms with E-state index in [1.54, 1.807) is 0 Å². The largest absolute Gasteiger partial charge is 0.456 e. The number of aliphatic imine (C=N–C) groups is 2. The van der Waals surface area contributed by atoms with Gasteiger partial charge in [0.2, 0.25) is 0 Å². The molecule has 0 bridgehead atoms. The highest BCUT2D eigenvalue weighted by atomic mass is 16.3. The SMILES string of the molecule is c1ccc(C2=NC(c3cccc(-c4cccc(-c5ccc6c(c5)c5cccc7oc8cc(-c9ccccc9)cc6c8c75)c4)c3)NC(c3ccccc3)=N2)cc1. The monoisotopic (exact) mass is 703 g/mol. The van der Waals surface area contributed by atoms with E-state index < -0.39 is 0 Å². The quantitative estimate of drug-likeness (QED) is 0.175. The Balaban J connectivity index is 0.992. The van der Waals surface area contributed by atoms with Crippen LogP contribution in [0.15, 0.2) is 202 Å². The van der Waals surface area contributed by atoms with Gasteiger partial charge in [-0.1, -0.05) is 152 Å². The van der Waals surface area contributed by atoms with Gasteiger partial charge in [0.25, 0.3) is 0 Å². The topological polar surface area (TPSA) is 49.9 Å². The van der Waals surface area contributed by atoms with Crippen LogP contribution >= 0.6 is 0 Å². The first-order chi connectivity index (χ1) is 27.2. The predicted molar refractivity (Wildman–Crippen MR) is 228 cm³/mol. The summed E-state index contributed by atoms with van der Waals surface area (Å²) in [5.41, 5.74) is 11.9. The lowest BCUT2D eigenvalue weighted by atomic mass is 9.90. The van der Waals surface area contributed by atoms with Crippen molar-refractivity contribution in [3.05, 3.63) is 205 Å². The first-order valence-electron chi connectivity index (χ1n) is 18.7. The molecular weight excluding hydrogens is 671 g/mol. The van der Waals surface area contributed by atoms with Crippen LogP contribution in [0.5, 0.6) is 0 Å². The maximum absolute atomic E-state index is 6.52. The van der Waals surface area contributed by atoms with Gasteiger partial charge in [-0.15, -0.1) is 0 Å². The summed E-state index contributed by atoms with van der Waals surface area (Å²) in [6.45, 7) is 0. The molecule has 258 valence electrons. The normalized spacial score (nSPS) is 14.4. The molecule has 10 aromatic rings. The smallest absolute Gasteiger partial charge is 0.159 e. The Morgan fingerprint density at radius 1 is 0.382 bits per heavy atom. The molecule has 2 heterocycles. The Morgan fingerprint density at radius 2 is 0.982 bits per heavy atom. The molecule has 1 aliphatic rings. The number of benzene rings is 9. The van der Waals surface area contributed by atoms with Crippen LogP contribution < -0.4 is 5.32 Å². The fourth-order valence-electron chi connectivity index (χ4n) is 8.21. The maximum Gasteiger partial charge on any atom is 0.159 e. The Bertz CT molecular complexity index is 3110. The third kappa shape index (κ3) is 5.38. The minimum absolute atomic E-state index is 0.297. The summed E-state index contributed by atoms with van der Waals surface area (Å²) >= 11 is 0. The van der Waals surface area contributed by atoms with Gasteiger partial charge >= 0.3 is 0 Å². The molecule has 1 aromatic heterocycles. The molecule has 0 aliphatic carbocycles. The molecule has 9 aromatic carbocycles. The number of nitrogens with one attached hydrogen (secondary N) is 1. The van der Waals surface area contributed by atoms with Gasteiger partial charge in [0.1, 0.15) is 23.2 Å². The molecule has 0 fully saturated rings. The summed E-state index contributed by atoms with van der Waals surface area (Å²) in [4.78, 5) is 10.1. The highest BCUT2D eigenvalue weighted by Crippen LogP contribution is 2.45. The van der Waals surface area contributed by atoms with Crippen LogP contribution in [0.25, 0.3) is 76.9 Å². The van der Waals surface area contributed by atoms with Crippen LogP contribution in [0.1, 0.15) is 22.9 Å². The fraction of sp³-hybridized carbons (Fsp3) is 0.0196. The third-order valence-electron chi connectivity index (χ3n) is 10.9. The van der Waals surface area contributed by atoms with E-state index in [0.717, 1.165) is 55.9 Å². The Morgan fingerprint density at radius 3 is 1.75 bits per heavy atom. The Kier molecular flexibility index (Phi) is 7.20. The van der Waals surface area contributed by atoms with Gasteiger partial charge in [-0.2, -0.15) is 0 Å². The van der Waals surface area contributed by atoms with Crippen molar-refractivity contribution < 1.29 is 4.42 Å². The second-order valence-electron chi connectivity index (χ2n) is 14.2. The summed E-state index contributed by atoms with van der Waals surface area (Å²) in [5.74, 6) is 1.53. The standard InChI is InChI=1S/C51H33N3O/c1-4-13-32(14-5-1)40-30-44-41-26-25-38(29-43(41)42-23-12-24-45-47(42)48(44)46(31-40)55-45)36-20-10-19-35(27-36)37-21-11-22-39(28-37)51-53-49(33-15-6-2-7-16-33)52-50(54-51)34-17-8-3-9-18-34/h1-31,51H,(H,52,53,54). The minimum atomic E-state index is -0.297. The average molecular weight is 704 g/mol. The molecule has 1 atom stereocenters. The maximum atomic E-state index is 6.52. The van der Waals surface area contributed by atoms with Crippen molar-refractivity contribution in [2.75, 3.05) is 0 Å². The zero-order valence-corrected chi connectivity index (χ0v) is 29.8. The summed E-state index contributed by atoms with van der Waals surface area (Å²) in [7, 11) is 0. The number of amidine groups is 2. The Hall–Kier alpha value is -7.30. The number of fused-ring (bicyclic) bond motifs is 3. The number of furan rings is 1. The molecule has 11 rings (SSSR count). The molecule has 4 nitrogen and oxygen atoms in total. The molecule has 1 unspecified atom stereocenters. The van der Waals surface area contributed by atoms with E-state index >= 15 is 0 Å². The highest BCUT2D eigenvalue weighted by molar-refractivity contribution is 6.33. The van der Waals surface area contributed by atoms with Crippen LogP contribution in [0, 0.1) is 0 Å². The zero-order chi connectivity index (χ0) is 36.3. The number of hydrogen-bond donors (Lipinski definition) is 1. The fourth-order valence-corrected chi connectivity index (χ4v) is 8.21. The first kappa shape index (κ1) is 31.2. The van der Waals surface area contributed by atoms with Gasteiger partial charge < -0.3 is 9.73 Å². The second-order valence-corrected chi connectivity index (χ2v) is 14.2. The lowest BCUT2D eigenvalue weighted by Gasteiger charge is -2.24. The molecule has 0 amide bonds. The summed E-state index contributed by atoms with van der Waals surface area (Å²) in [6.07, 6.45) is -0.297. The lowest BCUT2D eigenvalue weighted by molar-refractivity contribution is 0.669. The molecule has 1 aliphatic heterocycles. The number of nitrogens with zero attached hydrogens (tertiary/aromatic N) is 2. The van der Waals surface area contributed by atoms with Gasteiger partial charge in [-0.25, -0.2) is 9.98 Å². The zero-order valence-electron chi connectivity index (χ0n) is 29.8. The third-order valence-corrected chi connectivity index (χ3v) is 10.9. The van der Waals surface area contributed by atoms with Gasteiger partial charge in [0, 0.05) is 21.9 Å². The minimum Gasteiger partial charge on any atom is -0.456 e. The van der Waals surface area contributed by atoms with Crippen LogP contribution in [-0.2, 0) is 0 Å². The molecular formula is C51H33N3O. The molecule has 55 heavy (non-hydrogen) atoms. The first-order valence-corrected chi connectivity index (χ1v) is 18.7. The van der Waals surface area contributed by atoms with E-state index in [4.69, 9.17) is 14.4 Å². The van der Waals surface area contributed by atoms with E-state index in [9.17, 15) is 0 Å². The molecule has 4 heteroatoms. The van der Waals surface area contributed by atoms with Crippen LogP contribution in [0.4, 0.5) is 0 Å². The summed E-state index contributed by atoms with van der Waals surface area (Å²) < 4.78 is 6.52. The average Bonchev–Trinajstić information content (AvgIpc) is 3.66. The van der Waals surface area contributed by atoms with Crippen LogP contribution in [-0.4, -0.2) is 11.7 Å². The summed E-state index contributed by atoms with van der Waals surface area (Å²) in [5, 5.41) is 10.9. The Labute approximate surface area is 318 Å². The molecule has 0 radical (unpaired) electrons. The van der Waals surface area contributed by atoms with E-state index in [1.165, 1.54) is 43.4 Å². The molecule has 1 N–H and O–H groups in total. The lowest BCUT2D eigenvalue weighted by Crippen LogP contribution is -2.33. The van der Waals surface area contributed by atoms with Crippen molar-refractivity contribution in [3.8, 4) is 33.4 Å². The van der Waals surface area contributed by atoms with Crippen molar-refractivity contribution in [2.24, 2.45) is 9.98 Å². The predicted octanol–water partition coefficient (Wildman–Crippen LogP) is 12.8. The van der Waals surface area contributed by atoms with Crippen molar-refractivity contribution in [1.82, 2.24) is 5.32 Å². The van der Waals surface area contributed by atoms with Gasteiger partial charge in [0.15, 0.2) is 5.84 Å². The van der Waals surface area contributed by atoms with Gasteiger partial charge in [-0.05, 0) is 96.9 Å². The molecule has 0 saturated heterocycles. The van der Waals surface area contributed by atoms with Crippen molar-refractivity contribution >= 4 is 55.2 Å². The summed E-state index contributed by atoms with van der Waals surface area (Å²) in [6, 6.07) is 66.4. The van der Waals surface area contributed by atoms with Crippen LogP contribution in [0.3, 0.4) is 0 Å². The van der Waals surface area contributed by atoms with E-state index in [1.807, 2.05) is 36.4 Å². The highest BCUT2D eigenvalue weighted by Gasteiger charge is 2.22. The van der Waals surface area contributed by atoms with E-state index in [2.05, 4.69) is 157 Å². The van der Waals surface area contributed by atoms with Crippen molar-refractivity contribution in [3.63, 3.8) is 0 Å². The molecule has 0 saturated carbocycles. The van der Waals surface area contributed by atoms with E-state index in [0.29, 0.717) is 5.84 Å². The number of hydrogen-bond acceptors (Lipinski definition) is 4. The molecule has 0 spiro atoms. The number of rotatable bonds is 6. The van der Waals surface area contributed by atoms with Crippen molar-refractivity contribution in [2.45, 2.75) is 6.17 Å². The van der Waals surface area contributed by atoms with Crippen LogP contribution in [0.2, 0.25) is 0 Å². The van der Waals surface area contributed by atoms with Gasteiger partial charge in [-0.3, -0.25) is 0 Å². The van der Waals surface area contributed by atoms with E-state index in [-0.39, 0.29) is 6.17 Å². The van der Waals surface area contributed by atoms with Gasteiger partial charge in [0.05, 0.1) is 0 Å². The second kappa shape index (κ2) is 12.7. The van der Waals surface area contributed by atoms with Crippen molar-refractivity contribution in [1.29, 1.82) is 0 Å².